The van der Waals surface area contributed by atoms with Crippen LogP contribution >= 0.6 is 0 Å². The third-order valence-electron chi connectivity index (χ3n) is 4.11. The van der Waals surface area contributed by atoms with E-state index in [2.05, 4.69) is 6.92 Å². The highest BCUT2D eigenvalue weighted by molar-refractivity contribution is 6.47. The quantitative estimate of drug-likeness (QED) is 0.473. The number of carbonyl (C=O) groups excluding carboxylic acids is 1. The number of ketones is 1. The van der Waals surface area contributed by atoms with E-state index in [9.17, 15) is 10.0 Å². The van der Waals surface area contributed by atoms with E-state index in [1.807, 2.05) is 6.07 Å². The fourth-order valence-corrected chi connectivity index (χ4v) is 2.81. The van der Waals surface area contributed by atoms with E-state index < -0.39 is 11.8 Å². The molecule has 0 amide bonds. The molecule has 1 saturated heterocycles. The largest absolute Gasteiger partial charge is 0.594 e. The van der Waals surface area contributed by atoms with E-state index in [0.29, 0.717) is 23.4 Å². The molecular weight excluding hydrogens is 284 g/mol. The molecule has 0 spiro atoms. The van der Waals surface area contributed by atoms with Gasteiger partial charge in [0.15, 0.2) is 11.8 Å². The van der Waals surface area contributed by atoms with Gasteiger partial charge in [-0.2, -0.15) is 4.84 Å². The molecule has 0 radical (unpaired) electrons. The van der Waals surface area contributed by atoms with Gasteiger partial charge in [0.05, 0.1) is 5.56 Å². The monoisotopic (exact) mass is 304 g/mol. The van der Waals surface area contributed by atoms with Crippen molar-refractivity contribution in [2.24, 2.45) is 0 Å². The third kappa shape index (κ3) is 2.28. The summed E-state index contributed by atoms with van der Waals surface area (Å²) in [6.45, 7) is 4.36. The van der Waals surface area contributed by atoms with Crippen LogP contribution in [0.4, 0.5) is 0 Å². The summed E-state index contributed by atoms with van der Waals surface area (Å²) in [7, 11) is 0. The molecule has 22 heavy (non-hydrogen) atoms. The van der Waals surface area contributed by atoms with Crippen LogP contribution in [0.25, 0.3) is 0 Å². The lowest BCUT2D eigenvalue weighted by Gasteiger charge is -2.18. The second kappa shape index (κ2) is 5.70. The van der Waals surface area contributed by atoms with Gasteiger partial charge in [-0.3, -0.25) is 4.79 Å². The molecular formula is C16H20N2O4. The summed E-state index contributed by atoms with van der Waals surface area (Å²) in [5.41, 5.74) is -0.274. The van der Waals surface area contributed by atoms with Crippen LogP contribution in [0.2, 0.25) is 0 Å². The zero-order valence-corrected chi connectivity index (χ0v) is 12.8. The minimum atomic E-state index is -0.996. The lowest BCUT2D eigenvalue weighted by Crippen LogP contribution is -2.43. The van der Waals surface area contributed by atoms with Crippen LogP contribution in [0.15, 0.2) is 30.3 Å². The third-order valence-corrected chi connectivity index (χ3v) is 4.11. The summed E-state index contributed by atoms with van der Waals surface area (Å²) in [5, 5.41) is 13.6. The highest BCUT2D eigenvalue weighted by atomic mass is 16.9. The first-order chi connectivity index (χ1) is 10.6. The van der Waals surface area contributed by atoms with Crippen molar-refractivity contribution in [3.05, 3.63) is 41.1 Å². The zero-order valence-electron chi connectivity index (χ0n) is 12.8. The zero-order chi connectivity index (χ0) is 15.7. The van der Waals surface area contributed by atoms with Crippen molar-refractivity contribution >= 4 is 11.5 Å². The van der Waals surface area contributed by atoms with Gasteiger partial charge in [0.2, 0.25) is 0 Å². The van der Waals surface area contributed by atoms with E-state index in [4.69, 9.17) is 9.57 Å². The van der Waals surface area contributed by atoms with Crippen LogP contribution in [-0.2, 0) is 14.4 Å². The molecule has 0 unspecified atom stereocenters. The van der Waals surface area contributed by atoms with Crippen LogP contribution in [0.3, 0.4) is 0 Å². The Morgan fingerprint density at radius 2 is 2.18 bits per heavy atom. The van der Waals surface area contributed by atoms with Crippen molar-refractivity contribution in [1.29, 1.82) is 0 Å². The molecule has 118 valence electrons. The Hall–Kier alpha value is -1.92. The van der Waals surface area contributed by atoms with Crippen LogP contribution in [-0.4, -0.2) is 40.0 Å². The molecule has 1 aromatic rings. The van der Waals surface area contributed by atoms with Gasteiger partial charge in [0.1, 0.15) is 0 Å². The Bertz CT molecular complexity index is 601. The Labute approximate surface area is 129 Å². The fourth-order valence-electron chi connectivity index (χ4n) is 2.81. The Kier molecular flexibility index (Phi) is 3.88. The number of fused-ring (bicyclic) bond motifs is 1. The molecule has 0 saturated carbocycles. The van der Waals surface area contributed by atoms with Crippen molar-refractivity contribution in [2.45, 2.75) is 44.9 Å². The fraction of sp³-hybridized carbons (Fsp3) is 0.500. The van der Waals surface area contributed by atoms with Crippen LogP contribution in [0.5, 0.6) is 0 Å². The second-order valence-corrected chi connectivity index (χ2v) is 5.83. The number of hydrogen-bond acceptors (Lipinski definition) is 5. The first kappa shape index (κ1) is 15.0. The van der Waals surface area contributed by atoms with Crippen molar-refractivity contribution in [1.82, 2.24) is 5.17 Å². The van der Waals surface area contributed by atoms with Crippen LogP contribution in [0.1, 0.15) is 38.7 Å². The van der Waals surface area contributed by atoms with E-state index in [-0.39, 0.29) is 11.5 Å². The highest BCUT2D eigenvalue weighted by Crippen LogP contribution is 2.38. The predicted molar refractivity (Wildman–Crippen MR) is 79.8 cm³/mol. The Morgan fingerprint density at radius 3 is 2.82 bits per heavy atom. The van der Waals surface area contributed by atoms with Gasteiger partial charge in [-0.15, -0.1) is 0 Å². The van der Waals surface area contributed by atoms with E-state index >= 15 is 0 Å². The van der Waals surface area contributed by atoms with Crippen molar-refractivity contribution in [3.63, 3.8) is 0 Å². The van der Waals surface area contributed by atoms with E-state index in [0.717, 1.165) is 18.0 Å². The molecule has 0 bridgehead atoms. The maximum atomic E-state index is 12.7. The number of benzene rings is 1. The number of hydrazine groups is 1. The smallest absolute Gasteiger partial charge is 0.297 e. The Balaban J connectivity index is 1.83. The second-order valence-electron chi connectivity index (χ2n) is 5.83. The van der Waals surface area contributed by atoms with E-state index in [1.165, 1.54) is 0 Å². The van der Waals surface area contributed by atoms with Gasteiger partial charge in [0.25, 0.3) is 11.5 Å². The van der Waals surface area contributed by atoms with Crippen molar-refractivity contribution in [2.75, 3.05) is 6.61 Å². The first-order valence-electron chi connectivity index (χ1n) is 7.61. The summed E-state index contributed by atoms with van der Waals surface area (Å²) in [6, 6.07) is 8.94. The summed E-state index contributed by atoms with van der Waals surface area (Å²) in [5.74, 6) is -0.227. The lowest BCUT2D eigenvalue weighted by atomic mass is 9.89. The minimum absolute atomic E-state index is 0.120. The van der Waals surface area contributed by atoms with Gasteiger partial charge in [-0.05, 0) is 35.5 Å². The van der Waals surface area contributed by atoms with Gasteiger partial charge < -0.3 is 9.94 Å². The number of hydroxylamine groups is 1. The van der Waals surface area contributed by atoms with Gasteiger partial charge in [-0.1, -0.05) is 31.5 Å². The average Bonchev–Trinajstić information content (AvgIpc) is 2.94. The van der Waals surface area contributed by atoms with E-state index in [1.54, 1.807) is 31.2 Å². The highest BCUT2D eigenvalue weighted by Gasteiger charge is 2.63. The molecule has 6 nitrogen and oxygen atoms in total. The van der Waals surface area contributed by atoms with Gasteiger partial charge >= 0.3 is 0 Å². The maximum absolute atomic E-state index is 12.7. The maximum Gasteiger partial charge on any atom is 0.297 e. The molecule has 6 heteroatoms. The molecule has 1 aromatic carbocycles. The summed E-state index contributed by atoms with van der Waals surface area (Å²) in [4.78, 5) is 18.8. The van der Waals surface area contributed by atoms with Crippen LogP contribution in [0, 0.1) is 5.21 Å². The number of carbonyl (C=O) groups is 1. The number of hydrazone groups is 1. The number of hydrogen-bond donors (Lipinski definition) is 0. The van der Waals surface area contributed by atoms with Crippen molar-refractivity contribution < 1.29 is 19.2 Å². The summed E-state index contributed by atoms with van der Waals surface area (Å²) < 4.78 is 5.59. The predicted octanol–water partition coefficient (Wildman–Crippen LogP) is 2.02. The van der Waals surface area contributed by atoms with Crippen molar-refractivity contribution in [3.8, 4) is 0 Å². The molecule has 2 heterocycles. The van der Waals surface area contributed by atoms with Gasteiger partial charge in [0, 0.05) is 13.0 Å². The van der Waals surface area contributed by atoms with Gasteiger partial charge in [-0.25, -0.2) is 0 Å². The molecule has 2 aliphatic rings. The molecule has 2 aliphatic heterocycles. The Morgan fingerprint density at radius 1 is 1.45 bits per heavy atom. The summed E-state index contributed by atoms with van der Waals surface area (Å²) in [6.07, 6.45) is 1.75. The SMILES string of the molecule is CCCCO[C@H]1C[C@@]2(C)C(=O)C(c3ccccc3)=[N+]([O-])N2O1. The molecule has 1 fully saturated rings. The molecule has 0 aromatic heterocycles. The van der Waals surface area contributed by atoms with Crippen LogP contribution < -0.4 is 0 Å². The number of ether oxygens (including phenoxy) is 1. The number of nitrogens with zero attached hydrogens (tertiary/aromatic N) is 2. The minimum Gasteiger partial charge on any atom is -0.594 e. The lowest BCUT2D eigenvalue weighted by molar-refractivity contribution is -0.721. The topological polar surface area (TPSA) is 64.8 Å². The standard InChI is InChI=1S/C16H20N2O4/c1-3-4-10-21-13-11-16(2)15(19)14(17(20)18(16)22-13)12-8-6-5-7-9-12/h5-9,13H,3-4,10-11H2,1-2H3/t13-,16+/m1/s1. The molecule has 2 atom stereocenters. The average molecular weight is 304 g/mol. The summed E-state index contributed by atoms with van der Waals surface area (Å²) >= 11 is 0. The molecule has 0 N–H and O–H groups in total. The number of unbranched alkanes of at least 4 members (excludes halogenated alkanes) is 1. The number of Topliss-reactive ketones (excluding diaryl/α,β-unsaturated/α-hetero) is 1. The normalized spacial score (nSPS) is 27.6. The molecule has 0 aliphatic carbocycles. The molecule has 3 rings (SSSR count). The number of rotatable bonds is 5. The first-order valence-corrected chi connectivity index (χ1v) is 7.61.